The maximum Gasteiger partial charge on any atom is 0.254 e. The molecule has 0 spiro atoms. The van der Waals surface area contributed by atoms with Gasteiger partial charge in [-0.1, -0.05) is 39.7 Å². The molecule has 0 radical (unpaired) electrons. The van der Waals surface area contributed by atoms with E-state index in [-0.39, 0.29) is 23.5 Å². The highest BCUT2D eigenvalue weighted by molar-refractivity contribution is 9.09. The number of fused-ring (bicyclic) bond motifs is 4. The molecule has 6 atom stereocenters. The molecule has 1 aromatic rings. The van der Waals surface area contributed by atoms with Gasteiger partial charge < -0.3 is 5.11 Å². The van der Waals surface area contributed by atoms with Crippen LogP contribution in [0.2, 0.25) is 0 Å². The molecule has 0 bridgehead atoms. The number of nitrogens with one attached hydrogen (secondary N) is 1. The van der Waals surface area contributed by atoms with Crippen LogP contribution in [0.15, 0.2) is 35.9 Å². The number of alkyl halides is 3. The van der Waals surface area contributed by atoms with Gasteiger partial charge in [0.25, 0.3) is 11.8 Å². The summed E-state index contributed by atoms with van der Waals surface area (Å²) in [5.74, 6) is -4.49. The van der Waals surface area contributed by atoms with E-state index in [2.05, 4.69) is 21.2 Å². The highest BCUT2D eigenvalue weighted by Gasteiger charge is 2.76. The van der Waals surface area contributed by atoms with Crippen LogP contribution in [0, 0.1) is 17.8 Å². The second-order valence-electron chi connectivity index (χ2n) is 8.43. The third kappa shape index (κ3) is 2.52. The van der Waals surface area contributed by atoms with Gasteiger partial charge in [0, 0.05) is 5.92 Å². The smallest absolute Gasteiger partial charge is 0.254 e. The number of amides is 4. The predicted octanol–water partition coefficient (Wildman–Crippen LogP) is 2.39. The normalized spacial score (nSPS) is 39.1. The van der Waals surface area contributed by atoms with Gasteiger partial charge in [0.05, 0.1) is 17.3 Å². The molecule has 31 heavy (non-hydrogen) atoms. The molecule has 2 saturated heterocycles. The topological polar surface area (TPSA) is 104 Å². The Hall–Kier alpha value is -1.90. The van der Waals surface area contributed by atoms with E-state index in [0.29, 0.717) is 12.0 Å². The number of hydrogen-bond donors (Lipinski definition) is 2. The SMILES string of the molecule is O=C1NC(=O)[C@H]2CC=C3[C@@H](C[C@@]4(Cl)C(=O)N(CBr)C(=O)[C@@]4(Cl)[C@H]3c3ccc(O)cc3)[C@@H]12. The van der Waals surface area contributed by atoms with Gasteiger partial charge in [0.15, 0.2) is 9.75 Å². The highest BCUT2D eigenvalue weighted by atomic mass is 79.9. The van der Waals surface area contributed by atoms with Crippen LogP contribution < -0.4 is 5.32 Å². The van der Waals surface area contributed by atoms with Crippen LogP contribution in [0.1, 0.15) is 24.3 Å². The van der Waals surface area contributed by atoms with Crippen molar-refractivity contribution in [2.75, 3.05) is 5.45 Å². The number of phenols is 1. The van der Waals surface area contributed by atoms with E-state index >= 15 is 0 Å². The van der Waals surface area contributed by atoms with E-state index in [1.807, 2.05) is 6.08 Å². The fourth-order valence-corrected chi connectivity index (χ4v) is 7.13. The van der Waals surface area contributed by atoms with E-state index in [0.717, 1.165) is 10.5 Å². The molecule has 0 aromatic heterocycles. The summed E-state index contributed by atoms with van der Waals surface area (Å²) in [7, 11) is 0. The number of allylic oxidation sites excluding steroid dienone is 2. The number of nitrogens with zero attached hydrogens (tertiary/aromatic N) is 1. The Balaban J connectivity index is 1.75. The fourth-order valence-electron chi connectivity index (χ4n) is 5.70. The Kier molecular flexibility index (Phi) is 4.60. The molecule has 4 aliphatic rings. The Morgan fingerprint density at radius 3 is 2.39 bits per heavy atom. The fraction of sp³-hybridized carbons (Fsp3) is 0.429. The minimum atomic E-state index is -1.81. The predicted molar refractivity (Wildman–Crippen MR) is 115 cm³/mol. The monoisotopic (exact) mass is 526 g/mol. The number of phenolic OH excluding ortho intramolecular Hbond substituents is 1. The first-order valence-corrected chi connectivity index (χ1v) is 11.7. The zero-order valence-corrected chi connectivity index (χ0v) is 19.1. The minimum absolute atomic E-state index is 0.0333. The minimum Gasteiger partial charge on any atom is -0.508 e. The Bertz CT molecular complexity index is 1080. The number of rotatable bonds is 2. The lowest BCUT2D eigenvalue weighted by atomic mass is 9.56. The van der Waals surface area contributed by atoms with Crippen molar-refractivity contribution in [3.8, 4) is 5.75 Å². The number of carbonyl (C=O) groups excluding carboxylic acids is 4. The van der Waals surface area contributed by atoms with Crippen LogP contribution >= 0.6 is 39.1 Å². The first kappa shape index (κ1) is 21.0. The number of carbonyl (C=O) groups is 4. The van der Waals surface area contributed by atoms with E-state index in [9.17, 15) is 24.3 Å². The maximum absolute atomic E-state index is 13.4. The number of halogens is 3. The van der Waals surface area contributed by atoms with Crippen LogP contribution in [0.5, 0.6) is 5.75 Å². The summed E-state index contributed by atoms with van der Waals surface area (Å²) in [6, 6.07) is 6.20. The molecule has 2 aliphatic carbocycles. The molecule has 10 heteroatoms. The Morgan fingerprint density at radius 1 is 1.06 bits per heavy atom. The largest absolute Gasteiger partial charge is 0.508 e. The molecular weight excluding hydrogens is 511 g/mol. The molecular formula is C21H17BrCl2N2O5. The quantitative estimate of drug-likeness (QED) is 0.266. The van der Waals surface area contributed by atoms with Gasteiger partial charge in [-0.05, 0) is 36.5 Å². The summed E-state index contributed by atoms with van der Waals surface area (Å²) in [6.07, 6.45) is 2.15. The molecule has 7 nitrogen and oxygen atoms in total. The van der Waals surface area contributed by atoms with Gasteiger partial charge in [-0.2, -0.15) is 0 Å². The van der Waals surface area contributed by atoms with Crippen LogP contribution in [-0.2, 0) is 19.2 Å². The van der Waals surface area contributed by atoms with Crippen LogP contribution in [0.4, 0.5) is 0 Å². The van der Waals surface area contributed by atoms with Gasteiger partial charge in [-0.25, -0.2) is 0 Å². The average Bonchev–Trinajstić information content (AvgIpc) is 3.10. The van der Waals surface area contributed by atoms with Crippen molar-refractivity contribution in [2.24, 2.45) is 17.8 Å². The molecule has 1 saturated carbocycles. The second kappa shape index (κ2) is 6.80. The Morgan fingerprint density at radius 2 is 1.74 bits per heavy atom. The van der Waals surface area contributed by atoms with E-state index in [4.69, 9.17) is 23.2 Å². The Labute approximate surface area is 195 Å². The number of aromatic hydroxyl groups is 1. The van der Waals surface area contributed by atoms with Crippen LogP contribution in [0.25, 0.3) is 0 Å². The summed E-state index contributed by atoms with van der Waals surface area (Å²) in [4.78, 5) is 49.0. The molecule has 4 amide bonds. The van der Waals surface area contributed by atoms with Crippen molar-refractivity contribution in [3.63, 3.8) is 0 Å². The standard InChI is InChI=1S/C21H17BrCl2N2O5/c22-8-26-18(30)20(23)7-13-11(5-6-12-14(13)17(29)25-16(12)28)15(21(20,24)19(26)31)9-1-3-10(27)4-2-9/h1-5,12-15,27H,6-8H2,(H,25,28,29)/t12-,13+,14-,15-,20+,21-/m0/s1. The van der Waals surface area contributed by atoms with Crippen molar-refractivity contribution in [1.82, 2.24) is 10.2 Å². The zero-order chi connectivity index (χ0) is 22.3. The molecule has 1 aromatic carbocycles. The lowest BCUT2D eigenvalue weighted by Crippen LogP contribution is -2.60. The number of imide groups is 2. The summed E-state index contributed by atoms with van der Waals surface area (Å²) < 4.78 is 0. The first-order chi connectivity index (χ1) is 14.6. The number of likely N-dealkylation sites (tertiary alicyclic amines) is 1. The summed E-state index contributed by atoms with van der Waals surface area (Å²) in [5, 5.41) is 12.1. The van der Waals surface area contributed by atoms with Crippen molar-refractivity contribution >= 4 is 62.8 Å². The lowest BCUT2D eigenvalue weighted by Gasteiger charge is -2.50. The molecule has 2 N–H and O–H groups in total. The van der Waals surface area contributed by atoms with Crippen LogP contribution in [-0.4, -0.2) is 48.8 Å². The van der Waals surface area contributed by atoms with E-state index < -0.39 is 51.1 Å². The molecule has 2 heterocycles. The van der Waals surface area contributed by atoms with Crippen molar-refractivity contribution < 1.29 is 24.3 Å². The zero-order valence-electron chi connectivity index (χ0n) is 16.0. The summed E-state index contributed by atoms with van der Waals surface area (Å²) in [6.45, 7) is 0. The van der Waals surface area contributed by atoms with Gasteiger partial charge >= 0.3 is 0 Å². The number of hydrogen-bond acceptors (Lipinski definition) is 5. The lowest BCUT2D eigenvalue weighted by molar-refractivity contribution is -0.138. The van der Waals surface area contributed by atoms with Gasteiger partial charge in [0.1, 0.15) is 5.75 Å². The van der Waals surface area contributed by atoms with E-state index in [1.54, 1.807) is 12.1 Å². The van der Waals surface area contributed by atoms with Crippen LogP contribution in [0.3, 0.4) is 0 Å². The molecule has 3 fully saturated rings. The summed E-state index contributed by atoms with van der Waals surface area (Å²) >= 11 is 17.2. The maximum atomic E-state index is 13.4. The van der Waals surface area contributed by atoms with Crippen molar-refractivity contribution in [3.05, 3.63) is 41.5 Å². The van der Waals surface area contributed by atoms with Gasteiger partial charge in [0.2, 0.25) is 11.8 Å². The third-order valence-electron chi connectivity index (χ3n) is 7.08. The summed E-state index contributed by atoms with van der Waals surface area (Å²) in [5.41, 5.74) is 1.25. The average molecular weight is 528 g/mol. The molecule has 162 valence electrons. The highest BCUT2D eigenvalue weighted by Crippen LogP contribution is 2.65. The molecule has 2 aliphatic heterocycles. The second-order valence-corrected chi connectivity index (χ2v) is 10.2. The molecule has 5 rings (SSSR count). The number of benzene rings is 1. The van der Waals surface area contributed by atoms with Crippen molar-refractivity contribution in [1.29, 1.82) is 0 Å². The first-order valence-electron chi connectivity index (χ1n) is 9.79. The van der Waals surface area contributed by atoms with Gasteiger partial charge in [-0.3, -0.25) is 29.4 Å². The van der Waals surface area contributed by atoms with E-state index in [1.165, 1.54) is 12.1 Å². The van der Waals surface area contributed by atoms with Gasteiger partial charge in [-0.15, -0.1) is 23.2 Å². The molecule has 0 unspecified atom stereocenters. The third-order valence-corrected chi connectivity index (χ3v) is 9.00. The van der Waals surface area contributed by atoms with Crippen molar-refractivity contribution in [2.45, 2.75) is 28.5 Å².